The lowest BCUT2D eigenvalue weighted by Crippen LogP contribution is -2.46. The van der Waals surface area contributed by atoms with E-state index in [0.29, 0.717) is 5.02 Å². The van der Waals surface area contributed by atoms with Crippen molar-refractivity contribution in [1.82, 2.24) is 10.2 Å². The van der Waals surface area contributed by atoms with Crippen LogP contribution in [0.5, 0.6) is 0 Å². The molecule has 1 aliphatic heterocycles. The molecule has 1 saturated carbocycles. The normalized spacial score (nSPS) is 22.8. The highest BCUT2D eigenvalue weighted by Crippen LogP contribution is 2.49. The quantitative estimate of drug-likeness (QED) is 0.842. The fourth-order valence-electron chi connectivity index (χ4n) is 3.92. The largest absolute Gasteiger partial charge is 0.338 e. The van der Waals surface area contributed by atoms with Crippen molar-refractivity contribution in [2.24, 2.45) is 5.92 Å². The predicted octanol–water partition coefficient (Wildman–Crippen LogP) is 4.39. The summed E-state index contributed by atoms with van der Waals surface area (Å²) in [4.78, 5) is 14.9. The number of benzene rings is 2. The molecule has 1 atom stereocenters. The van der Waals surface area contributed by atoms with Crippen LogP contribution in [0.25, 0.3) is 11.1 Å². The van der Waals surface area contributed by atoms with Gasteiger partial charge in [-0.3, -0.25) is 15.1 Å². The Morgan fingerprint density at radius 3 is 2.38 bits per heavy atom. The van der Waals surface area contributed by atoms with E-state index in [1.165, 1.54) is 0 Å². The monoisotopic (exact) mass is 367 g/mol. The molecule has 0 aromatic heterocycles. The predicted molar refractivity (Wildman–Crippen MR) is 104 cm³/mol. The number of rotatable bonds is 4. The summed E-state index contributed by atoms with van der Waals surface area (Å²) in [6.07, 6.45) is 2.00. The molecule has 4 rings (SSSR count). The molecule has 2 fully saturated rings. The highest BCUT2D eigenvalue weighted by Gasteiger charge is 2.59. The first-order valence-corrected chi connectivity index (χ1v) is 9.38. The van der Waals surface area contributed by atoms with Crippen molar-refractivity contribution in [2.75, 3.05) is 0 Å². The minimum atomic E-state index is -0.823. The third-order valence-electron chi connectivity index (χ3n) is 5.29. The second-order valence-corrected chi connectivity index (χ2v) is 7.85. The van der Waals surface area contributed by atoms with Crippen LogP contribution < -0.4 is 5.32 Å². The summed E-state index contributed by atoms with van der Waals surface area (Å²) in [5.74, 6) is 0.419. The third-order valence-corrected chi connectivity index (χ3v) is 5.53. The molecular formula is C21H22ClN3O. The zero-order valence-corrected chi connectivity index (χ0v) is 15.7. The van der Waals surface area contributed by atoms with Crippen LogP contribution in [0.1, 0.15) is 32.3 Å². The number of guanidine groups is 1. The van der Waals surface area contributed by atoms with Gasteiger partial charge in [0, 0.05) is 11.1 Å². The van der Waals surface area contributed by atoms with Crippen molar-refractivity contribution in [1.29, 1.82) is 5.41 Å². The van der Waals surface area contributed by atoms with E-state index in [-0.39, 0.29) is 23.8 Å². The van der Waals surface area contributed by atoms with Gasteiger partial charge in [0.25, 0.3) is 5.91 Å². The van der Waals surface area contributed by atoms with Crippen molar-refractivity contribution in [2.45, 2.75) is 38.3 Å². The molecule has 2 aliphatic rings. The van der Waals surface area contributed by atoms with E-state index in [1.807, 2.05) is 56.3 Å². The molecule has 5 heteroatoms. The Morgan fingerprint density at radius 2 is 1.81 bits per heavy atom. The van der Waals surface area contributed by atoms with Crippen LogP contribution in [-0.4, -0.2) is 22.8 Å². The van der Waals surface area contributed by atoms with Crippen LogP contribution in [0.4, 0.5) is 0 Å². The summed E-state index contributed by atoms with van der Waals surface area (Å²) in [5.41, 5.74) is 2.15. The summed E-state index contributed by atoms with van der Waals surface area (Å²) in [7, 11) is 0. The number of amides is 1. The molecule has 4 nitrogen and oxygen atoms in total. The fourth-order valence-corrected chi connectivity index (χ4v) is 4.11. The van der Waals surface area contributed by atoms with E-state index >= 15 is 0 Å². The van der Waals surface area contributed by atoms with Gasteiger partial charge in [0.2, 0.25) is 0 Å². The highest BCUT2D eigenvalue weighted by molar-refractivity contribution is 6.30. The minimum absolute atomic E-state index is 0.0109. The molecule has 2 aromatic carbocycles. The SMILES string of the molecule is CC(C)N1C(=N)NC(c2cccc(-c3cccc(Cl)c3)c2)(C2CC2)C1=O. The van der Waals surface area contributed by atoms with Crippen LogP contribution >= 0.6 is 11.6 Å². The average Bonchev–Trinajstić information content (AvgIpc) is 3.41. The molecule has 1 amide bonds. The van der Waals surface area contributed by atoms with E-state index in [4.69, 9.17) is 17.0 Å². The zero-order valence-electron chi connectivity index (χ0n) is 14.9. The first-order valence-electron chi connectivity index (χ1n) is 9.00. The Morgan fingerprint density at radius 1 is 1.15 bits per heavy atom. The molecule has 1 heterocycles. The number of halogens is 1. The van der Waals surface area contributed by atoms with E-state index in [1.54, 1.807) is 4.90 Å². The average molecular weight is 368 g/mol. The second kappa shape index (κ2) is 6.13. The van der Waals surface area contributed by atoms with E-state index in [9.17, 15) is 4.79 Å². The molecule has 1 unspecified atom stereocenters. The van der Waals surface area contributed by atoms with Gasteiger partial charge in [-0.2, -0.15) is 0 Å². The maximum absolute atomic E-state index is 13.4. The Balaban J connectivity index is 1.81. The second-order valence-electron chi connectivity index (χ2n) is 7.42. The van der Waals surface area contributed by atoms with Gasteiger partial charge in [-0.25, -0.2) is 0 Å². The van der Waals surface area contributed by atoms with Gasteiger partial charge in [-0.1, -0.05) is 41.9 Å². The number of nitrogens with one attached hydrogen (secondary N) is 2. The summed E-state index contributed by atoms with van der Waals surface area (Å²) >= 11 is 6.14. The highest BCUT2D eigenvalue weighted by atomic mass is 35.5. The van der Waals surface area contributed by atoms with Crippen LogP contribution in [0.3, 0.4) is 0 Å². The van der Waals surface area contributed by atoms with Crippen LogP contribution in [0.15, 0.2) is 48.5 Å². The smallest absolute Gasteiger partial charge is 0.260 e. The van der Waals surface area contributed by atoms with Crippen molar-refractivity contribution in [3.63, 3.8) is 0 Å². The van der Waals surface area contributed by atoms with Gasteiger partial charge in [0.15, 0.2) is 5.96 Å². The number of carbonyl (C=O) groups excluding carboxylic acids is 1. The van der Waals surface area contributed by atoms with Crippen molar-refractivity contribution >= 4 is 23.5 Å². The maximum atomic E-state index is 13.4. The Kier molecular flexibility index (Phi) is 4.03. The first kappa shape index (κ1) is 17.1. The number of nitrogens with zero attached hydrogens (tertiary/aromatic N) is 1. The number of carbonyl (C=O) groups is 1. The van der Waals surface area contributed by atoms with Crippen molar-refractivity contribution < 1.29 is 4.79 Å². The van der Waals surface area contributed by atoms with Crippen molar-refractivity contribution in [3.05, 3.63) is 59.1 Å². The maximum Gasteiger partial charge on any atom is 0.260 e. The third kappa shape index (κ3) is 2.60. The molecule has 134 valence electrons. The molecular weight excluding hydrogens is 346 g/mol. The lowest BCUT2D eigenvalue weighted by atomic mass is 9.83. The lowest BCUT2D eigenvalue weighted by Gasteiger charge is -2.29. The fraction of sp³-hybridized carbons (Fsp3) is 0.333. The van der Waals surface area contributed by atoms with Crippen LogP contribution in [-0.2, 0) is 10.3 Å². The lowest BCUT2D eigenvalue weighted by molar-refractivity contribution is -0.133. The number of hydrogen-bond acceptors (Lipinski definition) is 2. The van der Waals surface area contributed by atoms with Crippen LogP contribution in [0.2, 0.25) is 5.02 Å². The molecule has 1 aliphatic carbocycles. The van der Waals surface area contributed by atoms with Gasteiger partial charge >= 0.3 is 0 Å². The Labute approximate surface area is 158 Å². The molecule has 2 aromatic rings. The van der Waals surface area contributed by atoms with Gasteiger partial charge in [0.05, 0.1) is 0 Å². The van der Waals surface area contributed by atoms with Gasteiger partial charge in [0.1, 0.15) is 5.54 Å². The summed E-state index contributed by atoms with van der Waals surface area (Å²) in [6, 6.07) is 15.7. The molecule has 2 N–H and O–H groups in total. The van der Waals surface area contributed by atoms with E-state index in [0.717, 1.165) is 29.5 Å². The van der Waals surface area contributed by atoms with Gasteiger partial charge in [-0.15, -0.1) is 0 Å². The topological polar surface area (TPSA) is 56.2 Å². The number of hydrogen-bond donors (Lipinski definition) is 2. The molecule has 0 bridgehead atoms. The molecule has 0 spiro atoms. The van der Waals surface area contributed by atoms with E-state index < -0.39 is 5.54 Å². The Hall–Kier alpha value is -2.33. The van der Waals surface area contributed by atoms with E-state index in [2.05, 4.69) is 11.4 Å². The summed E-state index contributed by atoms with van der Waals surface area (Å²) < 4.78 is 0. The zero-order chi connectivity index (χ0) is 18.5. The van der Waals surface area contributed by atoms with Gasteiger partial charge in [-0.05, 0) is 67.5 Å². The van der Waals surface area contributed by atoms with Gasteiger partial charge < -0.3 is 5.32 Å². The summed E-state index contributed by atoms with van der Waals surface area (Å²) in [5, 5.41) is 12.3. The molecule has 0 radical (unpaired) electrons. The molecule has 1 saturated heterocycles. The van der Waals surface area contributed by atoms with Crippen molar-refractivity contribution in [3.8, 4) is 11.1 Å². The molecule has 26 heavy (non-hydrogen) atoms. The van der Waals surface area contributed by atoms with Crippen LogP contribution in [0, 0.1) is 11.3 Å². The Bertz CT molecular complexity index is 890. The standard InChI is InChI=1S/C21H22ClN3O/c1-13(2)25-19(26)21(16-9-10-16,24-20(25)23)17-7-3-5-14(11-17)15-6-4-8-18(22)12-15/h3-8,11-13,16H,9-10H2,1-2H3,(H2,23,24). The minimum Gasteiger partial charge on any atom is -0.338 e. The first-order chi connectivity index (χ1) is 12.4. The summed E-state index contributed by atoms with van der Waals surface area (Å²) in [6.45, 7) is 3.89.